The molecule has 1 saturated carbocycles. The maximum Gasteiger partial charge on any atom is 0.227 e. The standard InChI is InChI=1S/C18H27N5O2/c24-17-9-15(11-23(17)16-3-1-2-4-16)18(25)21-7-5-14(6-8-21)10-22-13-19-12-20-22/h12-16H,1-11H2. The lowest BCUT2D eigenvalue weighted by Gasteiger charge is -2.33. The van der Waals surface area contributed by atoms with E-state index in [1.165, 1.54) is 12.8 Å². The zero-order chi connectivity index (χ0) is 17.2. The fourth-order valence-electron chi connectivity index (χ4n) is 4.65. The number of hydrogen-bond donors (Lipinski definition) is 0. The van der Waals surface area contributed by atoms with Crippen LogP contribution in [0.2, 0.25) is 0 Å². The summed E-state index contributed by atoms with van der Waals surface area (Å²) in [6, 6.07) is 0.388. The second-order valence-electron chi connectivity index (χ2n) is 7.77. The SMILES string of the molecule is O=C(C1CC(=O)N(C2CCCC2)C1)N1CCC(Cn2cncn2)CC1. The van der Waals surface area contributed by atoms with Crippen LogP contribution in [-0.4, -0.2) is 62.1 Å². The van der Waals surface area contributed by atoms with Crippen molar-refractivity contribution in [1.82, 2.24) is 24.6 Å². The highest BCUT2D eigenvalue weighted by Crippen LogP contribution is 2.31. The average Bonchev–Trinajstić information content (AvgIpc) is 3.36. The third kappa shape index (κ3) is 3.55. The molecule has 2 saturated heterocycles. The molecule has 3 heterocycles. The first kappa shape index (κ1) is 16.5. The number of aromatic nitrogens is 3. The molecule has 0 spiro atoms. The van der Waals surface area contributed by atoms with Crippen molar-refractivity contribution >= 4 is 11.8 Å². The van der Waals surface area contributed by atoms with Gasteiger partial charge in [0, 0.05) is 38.6 Å². The molecule has 136 valence electrons. The van der Waals surface area contributed by atoms with Crippen molar-refractivity contribution in [3.05, 3.63) is 12.7 Å². The van der Waals surface area contributed by atoms with E-state index in [4.69, 9.17) is 0 Å². The summed E-state index contributed by atoms with van der Waals surface area (Å²) in [6.45, 7) is 3.11. The molecule has 0 bridgehead atoms. The maximum atomic E-state index is 12.8. The van der Waals surface area contributed by atoms with Gasteiger partial charge in [-0.2, -0.15) is 5.10 Å². The van der Waals surface area contributed by atoms with E-state index in [0.717, 1.165) is 45.3 Å². The molecule has 1 aliphatic carbocycles. The topological polar surface area (TPSA) is 71.3 Å². The smallest absolute Gasteiger partial charge is 0.227 e. The van der Waals surface area contributed by atoms with Crippen LogP contribution < -0.4 is 0 Å². The molecule has 7 heteroatoms. The largest absolute Gasteiger partial charge is 0.342 e. The number of amides is 2. The Balaban J connectivity index is 1.28. The zero-order valence-electron chi connectivity index (χ0n) is 14.7. The highest BCUT2D eigenvalue weighted by molar-refractivity contribution is 5.89. The van der Waals surface area contributed by atoms with Crippen molar-refractivity contribution in [2.75, 3.05) is 19.6 Å². The van der Waals surface area contributed by atoms with Gasteiger partial charge in [-0.05, 0) is 31.6 Å². The quantitative estimate of drug-likeness (QED) is 0.825. The summed E-state index contributed by atoms with van der Waals surface area (Å²) in [5, 5.41) is 4.16. The van der Waals surface area contributed by atoms with Crippen LogP contribution in [-0.2, 0) is 16.1 Å². The van der Waals surface area contributed by atoms with Gasteiger partial charge in [-0.25, -0.2) is 4.98 Å². The molecule has 3 fully saturated rings. The van der Waals surface area contributed by atoms with Crippen LogP contribution >= 0.6 is 0 Å². The molecule has 25 heavy (non-hydrogen) atoms. The summed E-state index contributed by atoms with van der Waals surface area (Å²) < 4.78 is 1.87. The summed E-state index contributed by atoms with van der Waals surface area (Å²) >= 11 is 0. The molecule has 1 aromatic heterocycles. The minimum atomic E-state index is -0.125. The molecule has 3 aliphatic rings. The van der Waals surface area contributed by atoms with E-state index in [1.54, 1.807) is 12.7 Å². The minimum Gasteiger partial charge on any atom is -0.342 e. The molecule has 4 rings (SSSR count). The van der Waals surface area contributed by atoms with Crippen LogP contribution in [0, 0.1) is 11.8 Å². The Morgan fingerprint density at radius 1 is 1.16 bits per heavy atom. The lowest BCUT2D eigenvalue weighted by Crippen LogP contribution is -2.43. The summed E-state index contributed by atoms with van der Waals surface area (Å²) in [6.07, 6.45) is 10.4. The molecule has 0 radical (unpaired) electrons. The van der Waals surface area contributed by atoms with Gasteiger partial charge < -0.3 is 9.80 Å². The number of piperidine rings is 1. The number of carbonyl (C=O) groups is 2. The van der Waals surface area contributed by atoms with E-state index in [-0.39, 0.29) is 17.7 Å². The normalized spacial score (nSPS) is 25.9. The summed E-state index contributed by atoms with van der Waals surface area (Å²) in [5.74, 6) is 0.797. The van der Waals surface area contributed by atoms with E-state index < -0.39 is 0 Å². The van der Waals surface area contributed by atoms with Gasteiger partial charge in [-0.15, -0.1) is 0 Å². The number of likely N-dealkylation sites (tertiary alicyclic amines) is 2. The van der Waals surface area contributed by atoms with Crippen LogP contribution in [0.25, 0.3) is 0 Å². The molecular weight excluding hydrogens is 318 g/mol. The van der Waals surface area contributed by atoms with E-state index >= 15 is 0 Å². The molecule has 1 atom stereocenters. The zero-order valence-corrected chi connectivity index (χ0v) is 14.7. The van der Waals surface area contributed by atoms with Crippen molar-refractivity contribution in [1.29, 1.82) is 0 Å². The molecule has 7 nitrogen and oxygen atoms in total. The van der Waals surface area contributed by atoms with Gasteiger partial charge in [0.2, 0.25) is 11.8 Å². The highest BCUT2D eigenvalue weighted by atomic mass is 16.2. The number of nitrogens with zero attached hydrogens (tertiary/aromatic N) is 5. The van der Waals surface area contributed by atoms with Gasteiger partial charge in [0.15, 0.2) is 0 Å². The van der Waals surface area contributed by atoms with Crippen LogP contribution in [0.5, 0.6) is 0 Å². The van der Waals surface area contributed by atoms with Gasteiger partial charge in [0.1, 0.15) is 12.7 Å². The van der Waals surface area contributed by atoms with E-state index in [9.17, 15) is 9.59 Å². The minimum absolute atomic E-state index is 0.125. The van der Waals surface area contributed by atoms with Gasteiger partial charge >= 0.3 is 0 Å². The van der Waals surface area contributed by atoms with E-state index in [0.29, 0.717) is 24.9 Å². The number of carbonyl (C=O) groups excluding carboxylic acids is 2. The van der Waals surface area contributed by atoms with Crippen molar-refractivity contribution in [3.63, 3.8) is 0 Å². The van der Waals surface area contributed by atoms with Crippen LogP contribution in [0.4, 0.5) is 0 Å². The molecule has 2 amide bonds. The predicted molar refractivity (Wildman–Crippen MR) is 91.4 cm³/mol. The van der Waals surface area contributed by atoms with Crippen LogP contribution in [0.15, 0.2) is 12.7 Å². The van der Waals surface area contributed by atoms with Gasteiger partial charge in [-0.3, -0.25) is 14.3 Å². The van der Waals surface area contributed by atoms with Gasteiger partial charge in [0.25, 0.3) is 0 Å². The Hall–Kier alpha value is -1.92. The average molecular weight is 345 g/mol. The van der Waals surface area contributed by atoms with Crippen molar-refractivity contribution in [2.45, 2.75) is 57.5 Å². The fraction of sp³-hybridized carbons (Fsp3) is 0.778. The van der Waals surface area contributed by atoms with Gasteiger partial charge in [0.05, 0.1) is 5.92 Å². The lowest BCUT2D eigenvalue weighted by molar-refractivity contribution is -0.137. The van der Waals surface area contributed by atoms with E-state index in [2.05, 4.69) is 10.1 Å². The summed E-state index contributed by atoms with van der Waals surface area (Å²) in [4.78, 5) is 33.1. The number of rotatable bonds is 4. The molecule has 0 N–H and O–H groups in total. The van der Waals surface area contributed by atoms with Crippen molar-refractivity contribution in [3.8, 4) is 0 Å². The second kappa shape index (κ2) is 7.14. The van der Waals surface area contributed by atoms with Crippen molar-refractivity contribution in [2.24, 2.45) is 11.8 Å². The first-order chi connectivity index (χ1) is 12.2. The van der Waals surface area contributed by atoms with Crippen LogP contribution in [0.1, 0.15) is 44.9 Å². The van der Waals surface area contributed by atoms with E-state index in [1.807, 2.05) is 14.5 Å². The highest BCUT2D eigenvalue weighted by Gasteiger charge is 2.40. The lowest BCUT2D eigenvalue weighted by atomic mass is 9.95. The monoisotopic (exact) mass is 345 g/mol. The summed E-state index contributed by atoms with van der Waals surface area (Å²) in [7, 11) is 0. The predicted octanol–water partition coefficient (Wildman–Crippen LogP) is 1.31. The van der Waals surface area contributed by atoms with Crippen LogP contribution in [0.3, 0.4) is 0 Å². The second-order valence-corrected chi connectivity index (χ2v) is 7.77. The fourth-order valence-corrected chi connectivity index (χ4v) is 4.65. The molecule has 2 aliphatic heterocycles. The Bertz CT molecular complexity index is 603. The Morgan fingerprint density at radius 3 is 2.60 bits per heavy atom. The van der Waals surface area contributed by atoms with Crippen molar-refractivity contribution < 1.29 is 9.59 Å². The Labute approximate surface area is 148 Å². The maximum absolute atomic E-state index is 12.8. The van der Waals surface area contributed by atoms with Gasteiger partial charge in [-0.1, -0.05) is 12.8 Å². The third-order valence-corrected chi connectivity index (χ3v) is 6.11. The molecular formula is C18H27N5O2. The summed E-state index contributed by atoms with van der Waals surface area (Å²) in [5.41, 5.74) is 0. The first-order valence-electron chi connectivity index (χ1n) is 9.61. The Kier molecular flexibility index (Phi) is 4.72. The molecule has 1 aromatic rings. The third-order valence-electron chi connectivity index (χ3n) is 6.11. The Morgan fingerprint density at radius 2 is 1.92 bits per heavy atom. The molecule has 1 unspecified atom stereocenters. The first-order valence-corrected chi connectivity index (χ1v) is 9.61. The molecule has 0 aromatic carbocycles. The number of hydrogen-bond acceptors (Lipinski definition) is 4.